The maximum atomic E-state index is 5.71. The molecule has 0 saturated carbocycles. The van der Waals surface area contributed by atoms with Crippen LogP contribution in [0.4, 0.5) is 0 Å². The van der Waals surface area contributed by atoms with Gasteiger partial charge in [0.15, 0.2) is 6.29 Å². The van der Waals surface area contributed by atoms with Crippen LogP contribution in [0, 0.1) is 17.8 Å². The summed E-state index contributed by atoms with van der Waals surface area (Å²) in [5, 5.41) is 0. The van der Waals surface area contributed by atoms with E-state index < -0.39 is 0 Å². The van der Waals surface area contributed by atoms with E-state index in [1.165, 1.54) is 0 Å². The quantitative estimate of drug-likeness (QED) is 0.604. The van der Waals surface area contributed by atoms with Crippen molar-refractivity contribution < 1.29 is 9.47 Å². The lowest BCUT2D eigenvalue weighted by Crippen LogP contribution is -2.44. The van der Waals surface area contributed by atoms with Gasteiger partial charge in [-0.05, 0) is 18.8 Å². The van der Waals surface area contributed by atoms with Gasteiger partial charge in [0.2, 0.25) is 0 Å². The van der Waals surface area contributed by atoms with Gasteiger partial charge in [0.1, 0.15) is 0 Å². The Morgan fingerprint density at radius 2 is 1.50 bits per heavy atom. The van der Waals surface area contributed by atoms with Gasteiger partial charge in [-0.1, -0.05) is 20.8 Å². The third-order valence-electron chi connectivity index (χ3n) is 3.41. The van der Waals surface area contributed by atoms with Crippen LogP contribution in [-0.4, -0.2) is 19.5 Å². The van der Waals surface area contributed by atoms with E-state index in [9.17, 15) is 0 Å². The SMILES string of the molecule is COC1OC(C)C(C)C(C)C1C. The van der Waals surface area contributed by atoms with Crippen LogP contribution in [0.3, 0.4) is 0 Å². The molecule has 0 aromatic carbocycles. The highest BCUT2D eigenvalue weighted by Gasteiger charge is 2.36. The fourth-order valence-electron chi connectivity index (χ4n) is 1.88. The fourth-order valence-corrected chi connectivity index (χ4v) is 1.88. The molecule has 0 aliphatic carbocycles. The Hall–Kier alpha value is -0.0800. The first-order valence-corrected chi connectivity index (χ1v) is 4.76. The standard InChI is InChI=1S/C10H20O2/c1-6-7(2)9(4)12-10(11-5)8(6)3/h6-10H,1-5H3. The van der Waals surface area contributed by atoms with Crippen molar-refractivity contribution in [3.8, 4) is 0 Å². The molecule has 1 rings (SSSR count). The second kappa shape index (κ2) is 3.75. The summed E-state index contributed by atoms with van der Waals surface area (Å²) < 4.78 is 11.0. The molecule has 2 nitrogen and oxygen atoms in total. The van der Waals surface area contributed by atoms with Crippen molar-refractivity contribution in [2.75, 3.05) is 7.11 Å². The van der Waals surface area contributed by atoms with Gasteiger partial charge in [0.25, 0.3) is 0 Å². The zero-order valence-electron chi connectivity index (χ0n) is 8.70. The second-order valence-corrected chi connectivity index (χ2v) is 4.02. The van der Waals surface area contributed by atoms with Crippen LogP contribution in [0.2, 0.25) is 0 Å². The zero-order valence-corrected chi connectivity index (χ0v) is 8.70. The van der Waals surface area contributed by atoms with Crippen LogP contribution >= 0.6 is 0 Å². The molecule has 1 aliphatic heterocycles. The normalized spacial score (nSPS) is 49.2. The minimum atomic E-state index is -0.00815. The van der Waals surface area contributed by atoms with Crippen molar-refractivity contribution in [2.45, 2.75) is 40.1 Å². The summed E-state index contributed by atoms with van der Waals surface area (Å²) in [4.78, 5) is 0. The molecular weight excluding hydrogens is 152 g/mol. The average Bonchev–Trinajstić information content (AvgIpc) is 2.08. The molecule has 0 bridgehead atoms. The Bertz CT molecular complexity index is 142. The van der Waals surface area contributed by atoms with E-state index in [2.05, 4.69) is 27.7 Å². The molecule has 72 valence electrons. The van der Waals surface area contributed by atoms with Crippen LogP contribution in [0.25, 0.3) is 0 Å². The summed E-state index contributed by atoms with van der Waals surface area (Å²) >= 11 is 0. The maximum Gasteiger partial charge on any atom is 0.160 e. The first kappa shape index (κ1) is 10.0. The average molecular weight is 172 g/mol. The van der Waals surface area contributed by atoms with Crippen molar-refractivity contribution in [1.82, 2.24) is 0 Å². The van der Waals surface area contributed by atoms with Crippen LogP contribution in [0.1, 0.15) is 27.7 Å². The Kier molecular flexibility index (Phi) is 3.13. The topological polar surface area (TPSA) is 18.5 Å². The maximum absolute atomic E-state index is 5.71. The van der Waals surface area contributed by atoms with Gasteiger partial charge in [0.05, 0.1) is 6.10 Å². The lowest BCUT2D eigenvalue weighted by molar-refractivity contribution is -0.232. The molecule has 2 heteroatoms. The highest BCUT2D eigenvalue weighted by molar-refractivity contribution is 4.80. The van der Waals surface area contributed by atoms with Gasteiger partial charge in [-0.2, -0.15) is 0 Å². The summed E-state index contributed by atoms with van der Waals surface area (Å²) in [6, 6.07) is 0. The van der Waals surface area contributed by atoms with Crippen molar-refractivity contribution in [1.29, 1.82) is 0 Å². The molecule has 5 atom stereocenters. The molecule has 0 amide bonds. The van der Waals surface area contributed by atoms with Crippen LogP contribution in [-0.2, 0) is 9.47 Å². The van der Waals surface area contributed by atoms with E-state index in [1.807, 2.05) is 0 Å². The van der Waals surface area contributed by atoms with E-state index >= 15 is 0 Å². The van der Waals surface area contributed by atoms with Gasteiger partial charge in [-0.15, -0.1) is 0 Å². The second-order valence-electron chi connectivity index (χ2n) is 4.02. The van der Waals surface area contributed by atoms with Gasteiger partial charge in [0, 0.05) is 13.0 Å². The van der Waals surface area contributed by atoms with Crippen LogP contribution in [0.15, 0.2) is 0 Å². The highest BCUT2D eigenvalue weighted by atomic mass is 16.7. The Morgan fingerprint density at radius 3 is 2.00 bits per heavy atom. The van der Waals surface area contributed by atoms with Crippen molar-refractivity contribution in [3.63, 3.8) is 0 Å². The van der Waals surface area contributed by atoms with Crippen molar-refractivity contribution >= 4 is 0 Å². The third kappa shape index (κ3) is 1.64. The van der Waals surface area contributed by atoms with E-state index in [1.54, 1.807) is 7.11 Å². The monoisotopic (exact) mass is 172 g/mol. The number of hydrogen-bond donors (Lipinski definition) is 0. The van der Waals surface area contributed by atoms with E-state index in [-0.39, 0.29) is 6.29 Å². The number of ether oxygens (including phenoxy) is 2. The summed E-state index contributed by atoms with van der Waals surface area (Å²) in [5.41, 5.74) is 0. The molecule has 5 unspecified atom stereocenters. The molecule has 0 spiro atoms. The number of hydrogen-bond acceptors (Lipinski definition) is 2. The third-order valence-corrected chi connectivity index (χ3v) is 3.41. The fraction of sp³-hybridized carbons (Fsp3) is 1.00. The lowest BCUT2D eigenvalue weighted by Gasteiger charge is -2.41. The summed E-state index contributed by atoms with van der Waals surface area (Å²) in [7, 11) is 1.72. The van der Waals surface area contributed by atoms with E-state index in [0.29, 0.717) is 23.9 Å². The zero-order chi connectivity index (χ0) is 9.30. The van der Waals surface area contributed by atoms with Gasteiger partial charge >= 0.3 is 0 Å². The molecule has 1 aliphatic rings. The van der Waals surface area contributed by atoms with Crippen LogP contribution in [0.5, 0.6) is 0 Å². The molecule has 12 heavy (non-hydrogen) atoms. The summed E-state index contributed by atoms with van der Waals surface area (Å²) in [5.74, 6) is 1.81. The smallest absolute Gasteiger partial charge is 0.160 e. The Labute approximate surface area is 75.2 Å². The van der Waals surface area contributed by atoms with E-state index in [4.69, 9.17) is 9.47 Å². The Balaban J connectivity index is 2.63. The van der Waals surface area contributed by atoms with Gasteiger partial charge in [-0.3, -0.25) is 0 Å². The summed E-state index contributed by atoms with van der Waals surface area (Å²) in [6.45, 7) is 8.85. The highest BCUT2D eigenvalue weighted by Crippen LogP contribution is 2.34. The molecule has 0 aromatic heterocycles. The van der Waals surface area contributed by atoms with E-state index in [0.717, 1.165) is 0 Å². The molecule has 0 aromatic rings. The first-order chi connectivity index (χ1) is 5.57. The molecule has 0 N–H and O–H groups in total. The minimum Gasteiger partial charge on any atom is -0.356 e. The molecule has 0 radical (unpaired) electrons. The molecular formula is C10H20O2. The minimum absolute atomic E-state index is 0.00815. The predicted molar refractivity (Wildman–Crippen MR) is 48.8 cm³/mol. The first-order valence-electron chi connectivity index (χ1n) is 4.76. The Morgan fingerprint density at radius 1 is 0.917 bits per heavy atom. The van der Waals surface area contributed by atoms with Gasteiger partial charge in [-0.25, -0.2) is 0 Å². The van der Waals surface area contributed by atoms with Gasteiger partial charge < -0.3 is 9.47 Å². The number of rotatable bonds is 1. The van der Waals surface area contributed by atoms with Crippen molar-refractivity contribution in [3.05, 3.63) is 0 Å². The largest absolute Gasteiger partial charge is 0.356 e. The number of methoxy groups -OCH3 is 1. The summed E-state index contributed by atoms with van der Waals surface area (Å²) in [6.07, 6.45) is 0.312. The van der Waals surface area contributed by atoms with Crippen LogP contribution < -0.4 is 0 Å². The molecule has 1 saturated heterocycles. The predicted octanol–water partition coefficient (Wildman–Crippen LogP) is 2.29. The molecule has 1 heterocycles. The lowest BCUT2D eigenvalue weighted by atomic mass is 9.79. The molecule has 1 fully saturated rings. The van der Waals surface area contributed by atoms with Crippen molar-refractivity contribution in [2.24, 2.45) is 17.8 Å².